The molecule has 2 aliphatic heterocycles. The molecular formula is C21H20FN5OS. The maximum atomic E-state index is 13.8. The van der Waals surface area contributed by atoms with Crippen LogP contribution >= 0.6 is 11.3 Å². The van der Waals surface area contributed by atoms with Gasteiger partial charge in [-0.15, -0.1) is 0 Å². The van der Waals surface area contributed by atoms with Crippen molar-refractivity contribution in [2.45, 2.75) is 13.0 Å². The van der Waals surface area contributed by atoms with Gasteiger partial charge in [0, 0.05) is 54.8 Å². The molecule has 5 heterocycles. The first-order valence-electron chi connectivity index (χ1n) is 9.88. The Morgan fingerprint density at radius 3 is 2.90 bits per heavy atom. The Balaban J connectivity index is 1.32. The summed E-state index contributed by atoms with van der Waals surface area (Å²) >= 11 is 1.69. The van der Waals surface area contributed by atoms with E-state index < -0.39 is 0 Å². The predicted octanol–water partition coefficient (Wildman–Crippen LogP) is 3.71. The minimum atomic E-state index is -0.195. The molecule has 0 atom stereocenters. The Kier molecular flexibility index (Phi) is 3.95. The lowest BCUT2D eigenvalue weighted by Gasteiger charge is -2.29. The van der Waals surface area contributed by atoms with Gasteiger partial charge in [-0.2, -0.15) is 4.98 Å². The summed E-state index contributed by atoms with van der Waals surface area (Å²) in [6.07, 6.45) is 2.82. The van der Waals surface area contributed by atoms with Crippen molar-refractivity contribution in [2.75, 3.05) is 42.6 Å². The molecule has 0 amide bonds. The number of rotatable bonds is 2. The van der Waals surface area contributed by atoms with Crippen LogP contribution in [0.4, 0.5) is 15.2 Å². The molecule has 0 radical (unpaired) electrons. The molecule has 3 aromatic heterocycles. The highest BCUT2D eigenvalue weighted by Gasteiger charge is 2.22. The van der Waals surface area contributed by atoms with Crippen molar-refractivity contribution in [3.8, 4) is 0 Å². The van der Waals surface area contributed by atoms with Crippen LogP contribution < -0.4 is 9.80 Å². The monoisotopic (exact) mass is 409 g/mol. The zero-order valence-electron chi connectivity index (χ0n) is 15.8. The van der Waals surface area contributed by atoms with E-state index in [9.17, 15) is 4.39 Å². The highest BCUT2D eigenvalue weighted by Crippen LogP contribution is 2.34. The van der Waals surface area contributed by atoms with Gasteiger partial charge in [0.1, 0.15) is 5.82 Å². The van der Waals surface area contributed by atoms with Gasteiger partial charge in [-0.25, -0.2) is 9.37 Å². The quantitative estimate of drug-likeness (QED) is 0.547. The first kappa shape index (κ1) is 17.2. The number of hydrogen-bond donors (Lipinski definition) is 1. The lowest BCUT2D eigenvalue weighted by molar-refractivity contribution is 0.122. The van der Waals surface area contributed by atoms with Crippen LogP contribution in [-0.4, -0.2) is 47.8 Å². The van der Waals surface area contributed by atoms with Crippen LogP contribution in [-0.2, 0) is 17.7 Å². The van der Waals surface area contributed by atoms with Crippen molar-refractivity contribution in [3.05, 3.63) is 47.5 Å². The zero-order valence-corrected chi connectivity index (χ0v) is 16.6. The number of fused-ring (bicyclic) bond motifs is 4. The third-order valence-corrected chi connectivity index (χ3v) is 6.86. The van der Waals surface area contributed by atoms with Gasteiger partial charge in [-0.05, 0) is 24.3 Å². The molecule has 0 saturated carbocycles. The molecule has 1 N–H and O–H groups in total. The van der Waals surface area contributed by atoms with Crippen LogP contribution in [0.3, 0.4) is 0 Å². The number of ether oxygens (including phenoxy) is 1. The summed E-state index contributed by atoms with van der Waals surface area (Å²) < 4.78 is 20.3. The Morgan fingerprint density at radius 1 is 1.10 bits per heavy atom. The van der Waals surface area contributed by atoms with Crippen LogP contribution in [0.25, 0.3) is 21.3 Å². The minimum absolute atomic E-state index is 0.195. The van der Waals surface area contributed by atoms with E-state index in [2.05, 4.69) is 25.8 Å². The number of benzene rings is 1. The van der Waals surface area contributed by atoms with Crippen LogP contribution in [0, 0.1) is 5.82 Å². The molecule has 0 unspecified atom stereocenters. The molecule has 0 aliphatic carbocycles. The number of thiazole rings is 1. The number of pyridine rings is 1. The van der Waals surface area contributed by atoms with Gasteiger partial charge >= 0.3 is 0 Å². The normalized spacial score (nSPS) is 17.3. The fraction of sp³-hybridized carbons (Fsp3) is 0.333. The summed E-state index contributed by atoms with van der Waals surface area (Å²) in [5.74, 6) is -0.195. The summed E-state index contributed by atoms with van der Waals surface area (Å²) in [6, 6.07) is 7.15. The van der Waals surface area contributed by atoms with E-state index in [1.54, 1.807) is 17.4 Å². The second-order valence-electron chi connectivity index (χ2n) is 7.55. The lowest BCUT2D eigenvalue weighted by atomic mass is 10.0. The molecule has 4 aromatic rings. The second-order valence-corrected chi connectivity index (χ2v) is 8.56. The molecule has 1 aromatic carbocycles. The predicted molar refractivity (Wildman–Crippen MR) is 113 cm³/mol. The smallest absolute Gasteiger partial charge is 0.188 e. The first-order valence-corrected chi connectivity index (χ1v) is 10.7. The highest BCUT2D eigenvalue weighted by molar-refractivity contribution is 7.22. The molecule has 1 fully saturated rings. The number of H-pyrrole nitrogens is 1. The average Bonchev–Trinajstić information content (AvgIpc) is 3.34. The Labute approximate surface area is 170 Å². The van der Waals surface area contributed by atoms with Crippen molar-refractivity contribution >= 4 is 43.4 Å². The molecule has 8 heteroatoms. The third kappa shape index (κ3) is 2.94. The van der Waals surface area contributed by atoms with Crippen LogP contribution in [0.15, 0.2) is 30.5 Å². The molecule has 29 heavy (non-hydrogen) atoms. The fourth-order valence-electron chi connectivity index (χ4n) is 4.27. The zero-order chi connectivity index (χ0) is 19.4. The molecule has 1 saturated heterocycles. The van der Waals surface area contributed by atoms with Crippen molar-refractivity contribution in [1.29, 1.82) is 0 Å². The SMILES string of the molecule is Fc1ccc2[nH]c3c(c2c1)CN(c1cnc2nc(N4CCOCC4)sc2c1)CC3. The highest BCUT2D eigenvalue weighted by atomic mass is 32.1. The number of morpholine rings is 1. The number of hydrogen-bond acceptors (Lipinski definition) is 6. The molecule has 0 spiro atoms. The van der Waals surface area contributed by atoms with E-state index in [0.717, 1.165) is 77.9 Å². The van der Waals surface area contributed by atoms with Crippen LogP contribution in [0.1, 0.15) is 11.3 Å². The average molecular weight is 409 g/mol. The standard InChI is InChI=1S/C21H20FN5OS/c22-13-1-2-17-15(9-13)16-12-27(4-3-18(16)24-17)14-10-19-20(23-11-14)25-21(29-19)26-5-7-28-8-6-26/h1-2,9-11,24H,3-8,12H2. The third-order valence-electron chi connectivity index (χ3n) is 5.81. The van der Waals surface area contributed by atoms with E-state index in [0.29, 0.717) is 0 Å². The largest absolute Gasteiger partial charge is 0.378 e. The van der Waals surface area contributed by atoms with E-state index >= 15 is 0 Å². The molecule has 148 valence electrons. The van der Waals surface area contributed by atoms with Crippen molar-refractivity contribution in [3.63, 3.8) is 0 Å². The molecule has 6 rings (SSSR count). The number of aromatic nitrogens is 3. The maximum Gasteiger partial charge on any atom is 0.188 e. The van der Waals surface area contributed by atoms with E-state index in [1.807, 2.05) is 12.3 Å². The van der Waals surface area contributed by atoms with Crippen molar-refractivity contribution in [2.24, 2.45) is 0 Å². The van der Waals surface area contributed by atoms with Gasteiger partial charge in [0.2, 0.25) is 0 Å². The van der Waals surface area contributed by atoms with Gasteiger partial charge < -0.3 is 19.5 Å². The Bertz CT molecular complexity index is 1210. The van der Waals surface area contributed by atoms with Gasteiger partial charge in [0.15, 0.2) is 10.8 Å². The van der Waals surface area contributed by atoms with E-state index in [1.165, 1.54) is 17.3 Å². The topological polar surface area (TPSA) is 57.3 Å². The number of halogens is 1. The number of nitrogens with zero attached hydrogens (tertiary/aromatic N) is 4. The summed E-state index contributed by atoms with van der Waals surface area (Å²) in [5, 5.41) is 1.99. The van der Waals surface area contributed by atoms with Crippen LogP contribution in [0.2, 0.25) is 0 Å². The number of nitrogens with one attached hydrogen (secondary N) is 1. The summed E-state index contributed by atoms with van der Waals surface area (Å²) in [4.78, 5) is 17.4. The Morgan fingerprint density at radius 2 is 2.00 bits per heavy atom. The van der Waals surface area contributed by atoms with Gasteiger partial charge in [0.05, 0.1) is 29.8 Å². The fourth-order valence-corrected chi connectivity index (χ4v) is 5.28. The number of aromatic amines is 1. The van der Waals surface area contributed by atoms with Gasteiger partial charge in [0.25, 0.3) is 0 Å². The van der Waals surface area contributed by atoms with Crippen molar-refractivity contribution in [1.82, 2.24) is 15.0 Å². The molecule has 6 nitrogen and oxygen atoms in total. The summed E-state index contributed by atoms with van der Waals surface area (Å²) in [7, 11) is 0. The number of anilines is 2. The molecule has 2 aliphatic rings. The Hall–Kier alpha value is -2.71. The summed E-state index contributed by atoms with van der Waals surface area (Å²) in [5.41, 5.74) is 5.29. The van der Waals surface area contributed by atoms with E-state index in [-0.39, 0.29) is 5.82 Å². The maximum absolute atomic E-state index is 13.8. The van der Waals surface area contributed by atoms with E-state index in [4.69, 9.17) is 9.72 Å². The van der Waals surface area contributed by atoms with Gasteiger partial charge in [-0.3, -0.25) is 0 Å². The van der Waals surface area contributed by atoms with Crippen LogP contribution in [0.5, 0.6) is 0 Å². The van der Waals surface area contributed by atoms with Crippen molar-refractivity contribution < 1.29 is 9.13 Å². The molecular weight excluding hydrogens is 389 g/mol. The molecule has 0 bridgehead atoms. The second kappa shape index (κ2) is 6.67. The minimum Gasteiger partial charge on any atom is -0.378 e. The lowest BCUT2D eigenvalue weighted by Crippen LogP contribution is -2.36. The first-order chi connectivity index (χ1) is 14.2. The van der Waals surface area contributed by atoms with Gasteiger partial charge in [-0.1, -0.05) is 11.3 Å². The summed E-state index contributed by atoms with van der Waals surface area (Å²) in [6.45, 7) is 4.90.